The first-order valence-electron chi connectivity index (χ1n) is 9.31. The SMILES string of the molecule is O=C(Nc1ccc(F)c(Cl)c1)C1CCN(C(=O)NC2CC3CC3C2)CC1. The number of fused-ring (bicyclic) bond motifs is 1. The van der Waals surface area contributed by atoms with Crippen molar-refractivity contribution in [3.05, 3.63) is 29.0 Å². The highest BCUT2D eigenvalue weighted by molar-refractivity contribution is 6.31. The molecule has 26 heavy (non-hydrogen) atoms. The van der Waals surface area contributed by atoms with Gasteiger partial charge in [0.25, 0.3) is 0 Å². The molecule has 3 fully saturated rings. The molecule has 1 saturated heterocycles. The topological polar surface area (TPSA) is 61.4 Å². The molecule has 0 spiro atoms. The Morgan fingerprint density at radius 1 is 1.12 bits per heavy atom. The third kappa shape index (κ3) is 3.80. The zero-order chi connectivity index (χ0) is 18.3. The highest BCUT2D eigenvalue weighted by Gasteiger charge is 2.46. The lowest BCUT2D eigenvalue weighted by atomic mass is 9.96. The van der Waals surface area contributed by atoms with E-state index in [1.54, 1.807) is 0 Å². The number of nitrogens with one attached hydrogen (secondary N) is 2. The number of amides is 3. The van der Waals surface area contributed by atoms with Gasteiger partial charge in [0.1, 0.15) is 5.82 Å². The van der Waals surface area contributed by atoms with Crippen molar-refractivity contribution in [2.24, 2.45) is 17.8 Å². The second-order valence-electron chi connectivity index (χ2n) is 7.75. The van der Waals surface area contributed by atoms with Crippen LogP contribution in [0.2, 0.25) is 5.02 Å². The summed E-state index contributed by atoms with van der Waals surface area (Å²) in [6, 6.07) is 4.46. The van der Waals surface area contributed by atoms with Crippen LogP contribution in [0.3, 0.4) is 0 Å². The number of carbonyl (C=O) groups is 2. The summed E-state index contributed by atoms with van der Waals surface area (Å²) in [7, 11) is 0. The van der Waals surface area contributed by atoms with Crippen molar-refractivity contribution in [2.75, 3.05) is 18.4 Å². The second-order valence-corrected chi connectivity index (χ2v) is 8.16. The number of carbonyl (C=O) groups excluding carboxylic acids is 2. The Balaban J connectivity index is 1.24. The van der Waals surface area contributed by atoms with Crippen LogP contribution in [0.25, 0.3) is 0 Å². The Kier molecular flexibility index (Phi) is 4.78. The van der Waals surface area contributed by atoms with Crippen molar-refractivity contribution >= 4 is 29.2 Å². The van der Waals surface area contributed by atoms with Gasteiger partial charge in [-0.1, -0.05) is 11.6 Å². The second kappa shape index (κ2) is 7.06. The average Bonchev–Trinajstić information content (AvgIpc) is 3.24. The van der Waals surface area contributed by atoms with Crippen LogP contribution < -0.4 is 10.6 Å². The van der Waals surface area contributed by atoms with E-state index in [-0.39, 0.29) is 22.9 Å². The van der Waals surface area contributed by atoms with E-state index >= 15 is 0 Å². The highest BCUT2D eigenvalue weighted by Crippen LogP contribution is 2.51. The van der Waals surface area contributed by atoms with Gasteiger partial charge in [0, 0.05) is 30.7 Å². The zero-order valence-corrected chi connectivity index (χ0v) is 15.3. The van der Waals surface area contributed by atoms with E-state index in [0.717, 1.165) is 24.7 Å². The third-order valence-electron chi connectivity index (χ3n) is 5.91. The van der Waals surface area contributed by atoms with Gasteiger partial charge in [0.05, 0.1) is 5.02 Å². The predicted molar refractivity (Wildman–Crippen MR) is 97.5 cm³/mol. The van der Waals surface area contributed by atoms with Crippen LogP contribution in [0, 0.1) is 23.6 Å². The lowest BCUT2D eigenvalue weighted by molar-refractivity contribution is -0.121. The number of benzene rings is 1. The predicted octanol–water partition coefficient (Wildman–Crippen LogP) is 3.64. The number of urea groups is 1. The molecule has 3 aliphatic rings. The molecule has 2 saturated carbocycles. The Bertz CT molecular complexity index is 711. The number of anilines is 1. The molecule has 2 N–H and O–H groups in total. The van der Waals surface area contributed by atoms with Gasteiger partial charge in [-0.05, 0) is 62.1 Å². The van der Waals surface area contributed by atoms with E-state index < -0.39 is 5.82 Å². The van der Waals surface area contributed by atoms with Crippen molar-refractivity contribution < 1.29 is 14.0 Å². The first kappa shape index (κ1) is 17.6. The number of nitrogens with zero attached hydrogens (tertiary/aromatic N) is 1. The molecular weight excluding hydrogens is 357 g/mol. The highest BCUT2D eigenvalue weighted by atomic mass is 35.5. The third-order valence-corrected chi connectivity index (χ3v) is 6.20. The lowest BCUT2D eigenvalue weighted by Crippen LogP contribution is -2.48. The lowest BCUT2D eigenvalue weighted by Gasteiger charge is -2.32. The van der Waals surface area contributed by atoms with Crippen molar-refractivity contribution in [1.82, 2.24) is 10.2 Å². The van der Waals surface area contributed by atoms with Gasteiger partial charge < -0.3 is 15.5 Å². The van der Waals surface area contributed by atoms with Gasteiger partial charge in [0.15, 0.2) is 0 Å². The maximum atomic E-state index is 13.2. The van der Waals surface area contributed by atoms with E-state index in [0.29, 0.717) is 37.7 Å². The molecule has 2 atom stereocenters. The van der Waals surface area contributed by atoms with Crippen LogP contribution in [0.1, 0.15) is 32.1 Å². The normalized spacial score (nSPS) is 27.8. The number of hydrogen-bond donors (Lipinski definition) is 2. The first-order valence-corrected chi connectivity index (χ1v) is 9.68. The van der Waals surface area contributed by atoms with E-state index in [1.807, 2.05) is 4.90 Å². The van der Waals surface area contributed by atoms with Crippen molar-refractivity contribution in [3.8, 4) is 0 Å². The molecule has 0 radical (unpaired) electrons. The summed E-state index contributed by atoms with van der Waals surface area (Å²) in [6.45, 7) is 1.15. The summed E-state index contributed by atoms with van der Waals surface area (Å²) in [4.78, 5) is 26.6. The van der Waals surface area contributed by atoms with Crippen LogP contribution >= 0.6 is 11.6 Å². The van der Waals surface area contributed by atoms with Gasteiger partial charge in [0.2, 0.25) is 5.91 Å². The summed E-state index contributed by atoms with van der Waals surface area (Å²) < 4.78 is 13.2. The molecule has 2 unspecified atom stereocenters. The molecule has 1 heterocycles. The molecule has 140 valence electrons. The van der Waals surface area contributed by atoms with Crippen LogP contribution in [-0.2, 0) is 4.79 Å². The van der Waals surface area contributed by atoms with Gasteiger partial charge in [-0.25, -0.2) is 9.18 Å². The summed E-state index contributed by atoms with van der Waals surface area (Å²) in [5, 5.41) is 5.91. The summed E-state index contributed by atoms with van der Waals surface area (Å²) >= 11 is 5.74. The minimum atomic E-state index is -0.511. The molecular formula is C19H23ClFN3O2. The van der Waals surface area contributed by atoms with Crippen LogP contribution in [-0.4, -0.2) is 36.0 Å². The van der Waals surface area contributed by atoms with E-state index in [1.165, 1.54) is 24.6 Å². The molecule has 1 aromatic carbocycles. The summed E-state index contributed by atoms with van der Waals surface area (Å²) in [5.74, 6) is 0.915. The quantitative estimate of drug-likeness (QED) is 0.842. The maximum Gasteiger partial charge on any atom is 0.317 e. The molecule has 3 amide bonds. The molecule has 7 heteroatoms. The smallest absolute Gasteiger partial charge is 0.317 e. The largest absolute Gasteiger partial charge is 0.335 e. The molecule has 2 aliphatic carbocycles. The number of likely N-dealkylation sites (tertiary alicyclic amines) is 1. The number of hydrogen-bond acceptors (Lipinski definition) is 2. The van der Waals surface area contributed by atoms with Gasteiger partial charge in [-0.15, -0.1) is 0 Å². The summed E-state index contributed by atoms with van der Waals surface area (Å²) in [5.41, 5.74) is 0.487. The fourth-order valence-electron chi connectivity index (χ4n) is 4.26. The maximum absolute atomic E-state index is 13.2. The zero-order valence-electron chi connectivity index (χ0n) is 14.5. The van der Waals surface area contributed by atoms with Crippen LogP contribution in [0.4, 0.5) is 14.9 Å². The van der Waals surface area contributed by atoms with Crippen molar-refractivity contribution in [3.63, 3.8) is 0 Å². The monoisotopic (exact) mass is 379 g/mol. The minimum absolute atomic E-state index is 0.000439. The molecule has 0 bridgehead atoms. The van der Waals surface area contributed by atoms with Crippen molar-refractivity contribution in [1.29, 1.82) is 0 Å². The van der Waals surface area contributed by atoms with Crippen molar-refractivity contribution in [2.45, 2.75) is 38.1 Å². The Morgan fingerprint density at radius 2 is 1.81 bits per heavy atom. The van der Waals surface area contributed by atoms with Gasteiger partial charge in [-0.3, -0.25) is 4.79 Å². The Labute approximate surface area is 157 Å². The Morgan fingerprint density at radius 3 is 2.46 bits per heavy atom. The van der Waals surface area contributed by atoms with Gasteiger partial charge in [-0.2, -0.15) is 0 Å². The number of halogens is 2. The number of rotatable bonds is 3. The van der Waals surface area contributed by atoms with E-state index in [9.17, 15) is 14.0 Å². The van der Waals surface area contributed by atoms with Crippen LogP contribution in [0.5, 0.6) is 0 Å². The van der Waals surface area contributed by atoms with E-state index in [4.69, 9.17) is 11.6 Å². The molecule has 1 aliphatic heterocycles. The average molecular weight is 380 g/mol. The van der Waals surface area contributed by atoms with Gasteiger partial charge >= 0.3 is 6.03 Å². The standard InChI is InChI=1S/C19H23ClFN3O2/c20-16-10-14(1-2-17(16)21)22-18(25)11-3-5-24(6-4-11)19(26)23-15-8-12-7-13(12)9-15/h1-2,10-13,15H,3-9H2,(H,22,25)(H,23,26). The molecule has 5 nitrogen and oxygen atoms in total. The van der Waals surface area contributed by atoms with Crippen LogP contribution in [0.15, 0.2) is 18.2 Å². The van der Waals surface area contributed by atoms with E-state index in [2.05, 4.69) is 10.6 Å². The molecule has 4 rings (SSSR count). The fraction of sp³-hybridized carbons (Fsp3) is 0.579. The minimum Gasteiger partial charge on any atom is -0.335 e. The molecule has 1 aromatic rings. The summed E-state index contributed by atoms with van der Waals surface area (Å²) in [6.07, 6.45) is 4.84. The number of piperidine rings is 1. The molecule has 0 aromatic heterocycles. The first-order chi connectivity index (χ1) is 12.5. The Hall–Kier alpha value is -1.82. The fourth-order valence-corrected chi connectivity index (χ4v) is 4.44.